The lowest BCUT2D eigenvalue weighted by Crippen LogP contribution is -2.44. The molecule has 0 rings (SSSR count). The van der Waals surface area contributed by atoms with Crippen molar-refractivity contribution in [2.45, 2.75) is 270 Å². The van der Waals surface area contributed by atoms with Crippen LogP contribution in [-0.2, 0) is 55.3 Å². The Morgan fingerprint density at radius 1 is 0.391 bits per heavy atom. The summed E-state index contributed by atoms with van der Waals surface area (Å²) in [4.78, 5) is 79.9. The molecule has 0 atom stereocenters. The van der Waals surface area contributed by atoms with Gasteiger partial charge in [-0.15, -0.1) is 0 Å². The van der Waals surface area contributed by atoms with Gasteiger partial charge in [-0.25, -0.2) is 34.2 Å². The van der Waals surface area contributed by atoms with Crippen LogP contribution in [0, 0.1) is 0 Å². The number of unbranched alkanes of at least 4 members (excludes halogenated alkanes) is 4. The Hall–Kier alpha value is -2.77. The van der Waals surface area contributed by atoms with E-state index in [0.717, 1.165) is 134 Å². The first-order valence-electron chi connectivity index (χ1n) is 32.9. The van der Waals surface area contributed by atoms with E-state index < -0.39 is 67.8 Å². The summed E-state index contributed by atoms with van der Waals surface area (Å²) >= 11 is 20.0. The Balaban J connectivity index is -0.000000939. The Kier molecular flexibility index (Phi) is 58.5. The van der Waals surface area contributed by atoms with Crippen LogP contribution in [0.1, 0.15) is 156 Å². The predicted octanol–water partition coefficient (Wildman–Crippen LogP) is 17.1. The second kappa shape index (κ2) is 56.3. The minimum absolute atomic E-state index is 0.0981. The highest BCUT2D eigenvalue weighted by molar-refractivity contribution is 7.80. The second-order valence-electron chi connectivity index (χ2n) is 27.1. The van der Waals surface area contributed by atoms with Crippen molar-refractivity contribution in [2.24, 2.45) is 26.4 Å². The molecule has 4 N–H and O–H groups in total. The van der Waals surface area contributed by atoms with E-state index in [1.54, 1.807) is 20.8 Å². The van der Waals surface area contributed by atoms with Gasteiger partial charge < -0.3 is 38.0 Å². The van der Waals surface area contributed by atoms with Crippen LogP contribution in [0.3, 0.4) is 0 Å². The van der Waals surface area contributed by atoms with Crippen LogP contribution in [0.15, 0.2) is 51.4 Å². The number of ketones is 2. The molecule has 0 heterocycles. The zero-order valence-electron chi connectivity index (χ0n) is 59.7. The standard InChI is InChI=1S/C45H84O8S2Si4.C10H28N2OSi2.C7H9NO3.C3H2N2S2/c1-38(2)44(48)50-32-22-26-40(46)24-13-17-34-56(5,6)52-58(9,10)36-19-15-28-42(54)30-21-31-43(55)29-16-20-37-59(11,12)53-57(7,8)35-18-14-25-41(47)27-23-33-51-45(49)39(3)4;1-14(2,9-5-7-11)13-15(3,4)10-6-8-12;1-6(2)7(10)11-4-3-8-5-9;6-2-4-1-5-3-7/h1,3,13-37H2,2,4-12H3;5-12H2,1-4H3;1,3-4H2,2H3;1H2. The van der Waals surface area contributed by atoms with Gasteiger partial charge in [-0.3, -0.25) is 9.59 Å². The van der Waals surface area contributed by atoms with Crippen LogP contribution in [-0.4, -0.2) is 152 Å². The molecule has 27 heteroatoms. The number of carbonyl (C=O) groups excluding carboxylic acids is 6. The van der Waals surface area contributed by atoms with Crippen molar-refractivity contribution >= 4 is 154 Å². The zero-order valence-corrected chi connectivity index (χ0v) is 69.0. The number of thiocarbonyl (C=S) groups is 4. The fourth-order valence-electron chi connectivity index (χ4n) is 9.64. The molecule has 0 aromatic rings. The number of hydrogen-bond donors (Lipinski definition) is 2. The van der Waals surface area contributed by atoms with Crippen molar-refractivity contribution in [2.75, 3.05) is 46.1 Å². The van der Waals surface area contributed by atoms with Gasteiger partial charge in [-0.05, 0) is 266 Å². The molecule has 0 aromatic heterocycles. The van der Waals surface area contributed by atoms with E-state index in [1.165, 1.54) is 27.9 Å². The first-order chi connectivity index (χ1) is 42.8. The number of nitrogens with zero attached hydrogens (tertiary/aromatic N) is 3. The third-order valence-electron chi connectivity index (χ3n) is 14.0. The zero-order chi connectivity index (χ0) is 71.3. The lowest BCUT2D eigenvalue weighted by Gasteiger charge is -2.34. The number of hydrogen-bond acceptors (Lipinski definition) is 21. The largest absolute Gasteiger partial charge is 0.462 e. The Morgan fingerprint density at radius 3 is 0.924 bits per heavy atom. The molecule has 528 valence electrons. The van der Waals surface area contributed by atoms with Crippen LogP contribution in [0.5, 0.6) is 0 Å². The smallest absolute Gasteiger partial charge is 0.333 e. The van der Waals surface area contributed by atoms with Crippen LogP contribution in [0.2, 0.25) is 115 Å². The van der Waals surface area contributed by atoms with Gasteiger partial charge in [0.25, 0.3) is 0 Å². The number of ether oxygens (including phenoxy) is 3. The lowest BCUT2D eigenvalue weighted by molar-refractivity contribution is -0.140. The van der Waals surface area contributed by atoms with Crippen molar-refractivity contribution < 1.29 is 55.3 Å². The maximum absolute atomic E-state index is 12.2. The highest BCUT2D eigenvalue weighted by Crippen LogP contribution is 2.28. The highest BCUT2D eigenvalue weighted by Gasteiger charge is 2.34. The van der Waals surface area contributed by atoms with Crippen LogP contribution in [0.25, 0.3) is 0 Å². The van der Waals surface area contributed by atoms with Gasteiger partial charge in [0.05, 0.1) is 30.1 Å². The molecule has 0 aliphatic rings. The third-order valence-corrected chi connectivity index (χ3v) is 37.6. The first-order valence-corrected chi connectivity index (χ1v) is 53.3. The minimum atomic E-state index is -1.80. The summed E-state index contributed by atoms with van der Waals surface area (Å²) in [5, 5.41) is 4.26. The number of esters is 3. The number of rotatable bonds is 52. The number of aliphatic imine (C=N–C) groups is 3. The molecule has 0 amide bonds. The molecular formula is C65H123N5O12S4Si6. The summed E-state index contributed by atoms with van der Waals surface area (Å²) < 4.78 is 34.8. The van der Waals surface area contributed by atoms with Crippen molar-refractivity contribution in [1.29, 1.82) is 0 Å². The molecule has 0 saturated carbocycles. The number of isocyanates is 1. The number of Topliss-reactive ketones (excluding diaryl/α,β-unsaturated/α-hetero) is 2. The summed E-state index contributed by atoms with van der Waals surface area (Å²) in [6.07, 6.45) is 20.1. The number of carbonyl (C=O) groups is 5. The molecule has 0 fully saturated rings. The molecular weight excluding hydrogens is 1340 g/mol. The molecule has 0 aliphatic carbocycles. The van der Waals surface area contributed by atoms with Crippen molar-refractivity contribution in [3.8, 4) is 0 Å². The molecule has 0 unspecified atom stereocenters. The maximum atomic E-state index is 12.2. The van der Waals surface area contributed by atoms with Crippen molar-refractivity contribution in [1.82, 2.24) is 0 Å². The SMILES string of the molecule is C=C(C)C(=O)OCCCC(=O)CCCC[Si](C)(C)O[Si](C)(C)CCCCC(=S)CCCC(=S)CCCC[Si](C)(C)O[Si](C)(C)CCCCC(=O)CCCOC(=O)C(=C)C.C=C(C)C(=O)OCCN=C=O.C[Si](C)(CCCN)O[Si](C)(C)CCCN.S=C=NCN=C=S. The van der Waals surface area contributed by atoms with Crippen LogP contribution >= 0.6 is 48.9 Å². The molecule has 0 saturated heterocycles. The normalized spacial score (nSPS) is 11.4. The van der Waals surface area contributed by atoms with Crippen molar-refractivity contribution in [3.05, 3.63) is 36.5 Å². The van der Waals surface area contributed by atoms with E-state index >= 15 is 0 Å². The minimum Gasteiger partial charge on any atom is -0.462 e. The van der Waals surface area contributed by atoms with Gasteiger partial charge in [0.15, 0.2) is 49.9 Å². The Labute approximate surface area is 585 Å². The summed E-state index contributed by atoms with van der Waals surface area (Å²) in [5.41, 5.74) is 12.2. The van der Waals surface area contributed by atoms with Gasteiger partial charge in [0.1, 0.15) is 24.8 Å². The topological polar surface area (TPSA) is 247 Å². The molecule has 17 nitrogen and oxygen atoms in total. The molecule has 0 bridgehead atoms. The van der Waals surface area contributed by atoms with Crippen LogP contribution in [0.4, 0.5) is 0 Å². The molecule has 0 aliphatic heterocycles. The fourth-order valence-corrected chi connectivity index (χ4v) is 37.3. The predicted molar refractivity (Wildman–Crippen MR) is 412 cm³/mol. The van der Waals surface area contributed by atoms with Gasteiger partial charge in [0, 0.05) is 42.4 Å². The monoisotopic (exact) mass is 1460 g/mol. The quantitative estimate of drug-likeness (QED) is 0.00840. The lowest BCUT2D eigenvalue weighted by atomic mass is 10.1. The summed E-state index contributed by atoms with van der Waals surface area (Å²) in [6.45, 7) is 45.8. The summed E-state index contributed by atoms with van der Waals surface area (Å²) in [7, 11) is -10.1. The van der Waals surface area contributed by atoms with Gasteiger partial charge in [0.2, 0.25) is 6.08 Å². The van der Waals surface area contributed by atoms with E-state index in [-0.39, 0.29) is 44.6 Å². The van der Waals surface area contributed by atoms with Gasteiger partial charge in [-0.1, -0.05) is 69.9 Å². The summed E-state index contributed by atoms with van der Waals surface area (Å²) in [5.74, 6) is -0.785. The van der Waals surface area contributed by atoms with Crippen molar-refractivity contribution in [3.63, 3.8) is 0 Å². The van der Waals surface area contributed by atoms with Crippen LogP contribution < -0.4 is 11.5 Å². The number of isothiocyanates is 2. The Morgan fingerprint density at radius 2 is 0.652 bits per heavy atom. The van der Waals surface area contributed by atoms with E-state index in [0.29, 0.717) is 55.2 Å². The second-order valence-corrected chi connectivity index (χ2v) is 55.1. The average Bonchev–Trinajstić information content (AvgIpc) is 0.997. The molecule has 0 aromatic carbocycles. The first kappa shape index (κ1) is 95.6. The molecule has 0 radical (unpaired) electrons. The fraction of sp³-hybridized carbons (Fsp3) is 0.754. The molecule has 0 spiro atoms. The average molecular weight is 1460 g/mol. The highest BCUT2D eigenvalue weighted by atomic mass is 32.1. The third kappa shape index (κ3) is 65.9. The van der Waals surface area contributed by atoms with E-state index in [2.05, 4.69) is 153 Å². The number of nitrogens with two attached hydrogens (primary N) is 2. The molecule has 92 heavy (non-hydrogen) atoms. The van der Waals surface area contributed by atoms with Gasteiger partial charge in [-0.2, -0.15) is 0 Å². The maximum Gasteiger partial charge on any atom is 0.333 e. The van der Waals surface area contributed by atoms with E-state index in [1.807, 2.05) is 0 Å². The Bertz CT molecular complexity index is 2250. The summed E-state index contributed by atoms with van der Waals surface area (Å²) in [6, 6.07) is 6.81. The van der Waals surface area contributed by atoms with Gasteiger partial charge >= 0.3 is 17.9 Å². The van der Waals surface area contributed by atoms with E-state index in [9.17, 15) is 28.8 Å². The van der Waals surface area contributed by atoms with E-state index in [4.69, 9.17) is 57.7 Å².